The van der Waals surface area contributed by atoms with Gasteiger partial charge in [0.05, 0.1) is 0 Å². The van der Waals surface area contributed by atoms with E-state index in [2.05, 4.69) is 9.47 Å². The lowest BCUT2D eigenvalue weighted by Crippen LogP contribution is -2.59. The van der Waals surface area contributed by atoms with E-state index in [1.165, 1.54) is 6.92 Å². The number of aliphatic hydroxyl groups excluding tert-OH is 3. The number of carbonyl (C=O) groups is 2. The first-order valence-electron chi connectivity index (χ1n) is 5.33. The Bertz CT molecular complexity index is 315. The summed E-state index contributed by atoms with van der Waals surface area (Å²) in [5.41, 5.74) is 0. The van der Waals surface area contributed by atoms with Crippen molar-refractivity contribution in [2.24, 2.45) is 0 Å². The highest BCUT2D eigenvalue weighted by Gasteiger charge is 2.46. The molecule has 0 radical (unpaired) electrons. The molecule has 8 heteroatoms. The van der Waals surface area contributed by atoms with E-state index in [9.17, 15) is 24.9 Å². The molecule has 1 fully saturated rings. The highest BCUT2D eigenvalue weighted by atomic mass is 16.7. The molecular weight excluding hydrogens is 248 g/mol. The molecule has 18 heavy (non-hydrogen) atoms. The normalized spacial score (nSPS) is 35.9. The molecule has 0 saturated carbocycles. The van der Waals surface area contributed by atoms with Crippen molar-refractivity contribution in [1.29, 1.82) is 0 Å². The van der Waals surface area contributed by atoms with Crippen molar-refractivity contribution in [3.63, 3.8) is 0 Å². The van der Waals surface area contributed by atoms with Crippen molar-refractivity contribution in [3.05, 3.63) is 0 Å². The lowest BCUT2D eigenvalue weighted by molar-refractivity contribution is -0.291. The van der Waals surface area contributed by atoms with Crippen molar-refractivity contribution in [3.8, 4) is 0 Å². The summed E-state index contributed by atoms with van der Waals surface area (Å²) < 4.78 is 14.2. The van der Waals surface area contributed by atoms with E-state index >= 15 is 0 Å². The van der Waals surface area contributed by atoms with E-state index in [4.69, 9.17) is 4.74 Å². The first-order chi connectivity index (χ1) is 8.32. The van der Waals surface area contributed by atoms with Gasteiger partial charge < -0.3 is 29.5 Å². The van der Waals surface area contributed by atoms with Crippen LogP contribution in [0.25, 0.3) is 0 Å². The molecule has 1 aliphatic heterocycles. The van der Waals surface area contributed by atoms with Crippen molar-refractivity contribution >= 4 is 11.9 Å². The zero-order chi connectivity index (χ0) is 13.9. The fraction of sp³-hybridized carbons (Fsp3) is 0.800. The van der Waals surface area contributed by atoms with Gasteiger partial charge in [-0.05, 0) is 0 Å². The van der Waals surface area contributed by atoms with Gasteiger partial charge in [0.2, 0.25) is 0 Å². The molecule has 0 aromatic carbocycles. The number of hydrogen-bond acceptors (Lipinski definition) is 8. The van der Waals surface area contributed by atoms with Gasteiger partial charge in [-0.15, -0.1) is 0 Å². The summed E-state index contributed by atoms with van der Waals surface area (Å²) in [4.78, 5) is 21.4. The van der Waals surface area contributed by atoms with Crippen LogP contribution >= 0.6 is 0 Å². The molecular formula is C10H16O8. The number of ether oxygens (including phenoxy) is 3. The smallest absolute Gasteiger partial charge is 0.303 e. The van der Waals surface area contributed by atoms with Crippen LogP contribution in [0.15, 0.2) is 0 Å². The predicted octanol–water partition coefficient (Wildman–Crippen LogP) is -2.08. The summed E-state index contributed by atoms with van der Waals surface area (Å²) >= 11 is 0. The Morgan fingerprint density at radius 2 is 1.72 bits per heavy atom. The van der Waals surface area contributed by atoms with Crippen molar-refractivity contribution in [1.82, 2.24) is 0 Å². The molecule has 0 aliphatic carbocycles. The maximum Gasteiger partial charge on any atom is 0.303 e. The van der Waals surface area contributed by atoms with Gasteiger partial charge in [-0.3, -0.25) is 9.59 Å². The molecule has 0 aromatic heterocycles. The van der Waals surface area contributed by atoms with E-state index < -0.39 is 42.6 Å². The fourth-order valence-electron chi connectivity index (χ4n) is 1.58. The van der Waals surface area contributed by atoms with Gasteiger partial charge in [-0.1, -0.05) is 0 Å². The molecule has 1 aliphatic rings. The lowest BCUT2D eigenvalue weighted by Gasteiger charge is -2.39. The Morgan fingerprint density at radius 3 is 2.22 bits per heavy atom. The van der Waals surface area contributed by atoms with E-state index in [1.54, 1.807) is 0 Å². The third kappa shape index (κ3) is 3.64. The van der Waals surface area contributed by atoms with Crippen molar-refractivity contribution in [2.45, 2.75) is 44.6 Å². The summed E-state index contributed by atoms with van der Waals surface area (Å²) in [5.74, 6) is -1.32. The van der Waals surface area contributed by atoms with E-state index in [0.29, 0.717) is 0 Å². The van der Waals surface area contributed by atoms with Crippen LogP contribution in [-0.2, 0) is 23.8 Å². The standard InChI is InChI=1S/C10H16O8/c1-4(11)16-3-6-7(13)8(14)9(10(15)18-6)17-5(2)12/h6-10,13-15H,3H2,1-2H3/t6?,7-,8?,9?,10-/m1/s1. The van der Waals surface area contributed by atoms with Crippen molar-refractivity contribution < 1.29 is 39.1 Å². The summed E-state index contributed by atoms with van der Waals surface area (Å²) in [6.07, 6.45) is -7.06. The van der Waals surface area contributed by atoms with Crippen LogP contribution in [0, 0.1) is 0 Å². The number of rotatable bonds is 3. The van der Waals surface area contributed by atoms with Crippen LogP contribution in [0.4, 0.5) is 0 Å². The number of esters is 2. The minimum absolute atomic E-state index is 0.322. The van der Waals surface area contributed by atoms with Gasteiger partial charge in [0.25, 0.3) is 0 Å². The molecule has 5 atom stereocenters. The quantitative estimate of drug-likeness (QED) is 0.496. The first-order valence-corrected chi connectivity index (χ1v) is 5.33. The number of hydrogen-bond donors (Lipinski definition) is 3. The van der Waals surface area contributed by atoms with Gasteiger partial charge in [0.15, 0.2) is 12.4 Å². The average molecular weight is 264 g/mol. The molecule has 104 valence electrons. The molecule has 1 saturated heterocycles. The topological polar surface area (TPSA) is 123 Å². The average Bonchev–Trinajstić information content (AvgIpc) is 2.27. The summed E-state index contributed by atoms with van der Waals surface area (Å²) in [6.45, 7) is 1.94. The largest absolute Gasteiger partial charge is 0.463 e. The second-order valence-corrected chi connectivity index (χ2v) is 3.92. The Kier molecular flexibility index (Phi) is 5.03. The lowest BCUT2D eigenvalue weighted by atomic mass is 9.99. The second-order valence-electron chi connectivity index (χ2n) is 3.92. The van der Waals surface area contributed by atoms with E-state index in [0.717, 1.165) is 6.92 Å². The highest BCUT2D eigenvalue weighted by molar-refractivity contribution is 5.66. The van der Waals surface area contributed by atoms with Crippen LogP contribution in [0.1, 0.15) is 13.8 Å². The van der Waals surface area contributed by atoms with Crippen LogP contribution in [0.5, 0.6) is 0 Å². The molecule has 0 bridgehead atoms. The zero-order valence-electron chi connectivity index (χ0n) is 9.98. The van der Waals surface area contributed by atoms with E-state index in [-0.39, 0.29) is 6.61 Å². The second kappa shape index (κ2) is 6.10. The molecule has 3 N–H and O–H groups in total. The highest BCUT2D eigenvalue weighted by Crippen LogP contribution is 2.22. The van der Waals surface area contributed by atoms with Gasteiger partial charge in [0.1, 0.15) is 24.9 Å². The SMILES string of the molecule is CC(=O)OCC1O[C@@H](O)C(OC(C)=O)C(O)[C@@H]1O. The summed E-state index contributed by atoms with van der Waals surface area (Å²) in [5, 5.41) is 28.9. The summed E-state index contributed by atoms with van der Waals surface area (Å²) in [6, 6.07) is 0. The monoisotopic (exact) mass is 264 g/mol. The predicted molar refractivity (Wildman–Crippen MR) is 55.1 cm³/mol. The van der Waals surface area contributed by atoms with Crippen LogP contribution in [0.3, 0.4) is 0 Å². The van der Waals surface area contributed by atoms with Crippen LogP contribution < -0.4 is 0 Å². The molecule has 8 nitrogen and oxygen atoms in total. The maximum absolute atomic E-state index is 10.8. The summed E-state index contributed by atoms with van der Waals surface area (Å²) in [7, 11) is 0. The first kappa shape index (κ1) is 14.8. The number of aliphatic hydroxyl groups is 3. The minimum Gasteiger partial charge on any atom is -0.463 e. The molecule has 0 spiro atoms. The van der Waals surface area contributed by atoms with Crippen LogP contribution in [-0.4, -0.2) is 64.6 Å². The van der Waals surface area contributed by atoms with Crippen LogP contribution in [0.2, 0.25) is 0 Å². The van der Waals surface area contributed by atoms with Gasteiger partial charge in [0, 0.05) is 13.8 Å². The van der Waals surface area contributed by atoms with Gasteiger partial charge in [-0.25, -0.2) is 0 Å². The molecule has 3 unspecified atom stereocenters. The third-order valence-electron chi connectivity index (χ3n) is 2.42. The molecule has 1 rings (SSSR count). The Morgan fingerprint density at radius 1 is 1.11 bits per heavy atom. The number of carbonyl (C=O) groups excluding carboxylic acids is 2. The maximum atomic E-state index is 10.8. The zero-order valence-corrected chi connectivity index (χ0v) is 9.98. The molecule has 0 amide bonds. The van der Waals surface area contributed by atoms with Crippen molar-refractivity contribution in [2.75, 3.05) is 6.61 Å². The molecule has 0 aromatic rings. The fourth-order valence-corrected chi connectivity index (χ4v) is 1.58. The Hall–Kier alpha value is -1.22. The van der Waals surface area contributed by atoms with Gasteiger partial charge in [-0.2, -0.15) is 0 Å². The Labute approximate surface area is 103 Å². The third-order valence-corrected chi connectivity index (χ3v) is 2.42. The molecule has 1 heterocycles. The minimum atomic E-state index is -1.60. The van der Waals surface area contributed by atoms with E-state index in [1.807, 2.05) is 0 Å². The van der Waals surface area contributed by atoms with Gasteiger partial charge >= 0.3 is 11.9 Å². The Balaban J connectivity index is 2.64.